The van der Waals surface area contributed by atoms with Gasteiger partial charge in [0.05, 0.1) is 12.2 Å². The molecule has 2 heterocycles. The van der Waals surface area contributed by atoms with Crippen LogP contribution in [-0.4, -0.2) is 17.6 Å². The van der Waals surface area contributed by atoms with Crippen LogP contribution in [0.3, 0.4) is 0 Å². The Morgan fingerprint density at radius 3 is 2.76 bits per heavy atom. The number of rotatable bonds is 3. The van der Waals surface area contributed by atoms with Crippen molar-refractivity contribution in [3.63, 3.8) is 0 Å². The quantitative estimate of drug-likeness (QED) is 0.535. The Morgan fingerprint density at radius 1 is 1.31 bits per heavy atom. The third kappa shape index (κ3) is 3.75. The van der Waals surface area contributed by atoms with Crippen molar-refractivity contribution < 1.29 is 14.6 Å². The second-order valence-electron chi connectivity index (χ2n) is 8.84. The molecule has 1 amide bonds. The molecular weight excluding hydrogens is 452 g/mol. The smallest absolute Gasteiger partial charge is 0.256 e. The van der Waals surface area contributed by atoms with Crippen LogP contribution in [-0.2, 0) is 12.8 Å². The predicted molar refractivity (Wildman–Crippen MR) is 120 cm³/mol. The molecule has 3 N–H and O–H groups in total. The molecule has 156 valence electrons. The lowest BCUT2D eigenvalue weighted by Gasteiger charge is -2.34. The summed E-state index contributed by atoms with van der Waals surface area (Å²) in [4.78, 5) is 14.3. The molecule has 1 aromatic heterocycles. The Morgan fingerprint density at radius 2 is 2.07 bits per heavy atom. The van der Waals surface area contributed by atoms with Crippen LogP contribution in [0.1, 0.15) is 66.6 Å². The first-order valence-electron chi connectivity index (χ1n) is 10.1. The Labute approximate surface area is 184 Å². The van der Waals surface area contributed by atoms with Gasteiger partial charge in [0.1, 0.15) is 11.2 Å². The number of nitrogens with one attached hydrogen (secondary N) is 2. The van der Waals surface area contributed by atoms with Crippen LogP contribution >= 0.6 is 27.3 Å². The van der Waals surface area contributed by atoms with E-state index in [9.17, 15) is 9.90 Å². The van der Waals surface area contributed by atoms with Crippen LogP contribution in [0, 0.1) is 11.3 Å². The number of aromatic hydroxyl groups is 1. The fraction of sp³-hybridized carbons (Fsp3) is 0.500. The number of amides is 1. The summed E-state index contributed by atoms with van der Waals surface area (Å²) in [7, 11) is 0. The molecule has 0 bridgehead atoms. The van der Waals surface area contributed by atoms with E-state index in [1.165, 1.54) is 10.4 Å². The standard InChI is InChI=1S/C22H27BrN2O3S/c1-5-28-15-10-12(23)9-14(18(15)26)19-24-20(27)17-13-7-6-11(22(2,3)4)8-16(13)29-21(17)25-19/h9-11,19,25-26H,5-8H2,1-4H3,(H,24,27)/t11-,19+/m1/s1. The van der Waals surface area contributed by atoms with E-state index in [4.69, 9.17) is 4.74 Å². The van der Waals surface area contributed by atoms with Crippen molar-refractivity contribution in [1.82, 2.24) is 5.32 Å². The zero-order valence-corrected chi connectivity index (χ0v) is 19.6. The molecule has 0 unspecified atom stereocenters. The van der Waals surface area contributed by atoms with Gasteiger partial charge in [-0.1, -0.05) is 36.7 Å². The van der Waals surface area contributed by atoms with Gasteiger partial charge in [-0.25, -0.2) is 0 Å². The summed E-state index contributed by atoms with van der Waals surface area (Å²) in [5.41, 5.74) is 2.83. The van der Waals surface area contributed by atoms with Gasteiger partial charge in [0.2, 0.25) is 0 Å². The van der Waals surface area contributed by atoms with E-state index >= 15 is 0 Å². The van der Waals surface area contributed by atoms with Gasteiger partial charge in [-0.2, -0.15) is 0 Å². The lowest BCUT2D eigenvalue weighted by molar-refractivity contribution is 0.0934. The highest BCUT2D eigenvalue weighted by Crippen LogP contribution is 2.47. The first-order valence-corrected chi connectivity index (χ1v) is 11.7. The number of carbonyl (C=O) groups is 1. The fourth-order valence-corrected chi connectivity index (χ4v) is 6.08. The van der Waals surface area contributed by atoms with Gasteiger partial charge >= 0.3 is 0 Å². The summed E-state index contributed by atoms with van der Waals surface area (Å²) in [6.45, 7) is 9.20. The van der Waals surface area contributed by atoms with E-state index in [2.05, 4.69) is 47.3 Å². The molecule has 1 aliphatic carbocycles. The number of carbonyl (C=O) groups excluding carboxylic acids is 1. The molecule has 1 aromatic carbocycles. The van der Waals surface area contributed by atoms with Crippen LogP contribution < -0.4 is 15.4 Å². The van der Waals surface area contributed by atoms with Crippen molar-refractivity contribution >= 4 is 38.2 Å². The topological polar surface area (TPSA) is 70.6 Å². The molecule has 2 aliphatic rings. The van der Waals surface area contributed by atoms with Crippen LogP contribution in [0.4, 0.5) is 5.00 Å². The monoisotopic (exact) mass is 478 g/mol. The van der Waals surface area contributed by atoms with Crippen LogP contribution in [0.5, 0.6) is 11.5 Å². The number of fused-ring (bicyclic) bond motifs is 3. The first kappa shape index (κ1) is 20.5. The normalized spacial score (nSPS) is 21.1. The Balaban J connectivity index is 1.67. The SMILES string of the molecule is CCOc1cc(Br)cc([C@H]2NC(=O)c3c(sc4c3CC[C@@H](C(C)(C)C)C4)N2)c1O. The lowest BCUT2D eigenvalue weighted by atomic mass is 9.72. The predicted octanol–water partition coefficient (Wildman–Crippen LogP) is 5.62. The molecule has 0 spiro atoms. The Bertz CT molecular complexity index is 964. The highest BCUT2D eigenvalue weighted by atomic mass is 79.9. The molecule has 0 saturated carbocycles. The number of hydrogen-bond acceptors (Lipinski definition) is 5. The second-order valence-corrected chi connectivity index (χ2v) is 10.9. The molecule has 2 aromatic rings. The summed E-state index contributed by atoms with van der Waals surface area (Å²) in [6, 6.07) is 3.54. The van der Waals surface area contributed by atoms with E-state index in [1.807, 2.05) is 13.0 Å². The van der Waals surface area contributed by atoms with E-state index in [0.717, 1.165) is 34.3 Å². The third-order valence-corrected chi connectivity index (χ3v) is 7.59. The van der Waals surface area contributed by atoms with Crippen molar-refractivity contribution in [2.75, 3.05) is 11.9 Å². The Kier molecular flexibility index (Phi) is 5.32. The lowest BCUT2D eigenvalue weighted by Crippen LogP contribution is -2.38. The highest BCUT2D eigenvalue weighted by Gasteiger charge is 2.37. The summed E-state index contributed by atoms with van der Waals surface area (Å²) in [5, 5.41) is 18.0. The maximum absolute atomic E-state index is 13.0. The minimum absolute atomic E-state index is 0.0467. The van der Waals surface area contributed by atoms with E-state index in [-0.39, 0.29) is 17.1 Å². The molecule has 0 radical (unpaired) electrons. The zero-order chi connectivity index (χ0) is 20.9. The number of thiophene rings is 1. The number of anilines is 1. The number of halogens is 1. The number of phenols is 1. The summed E-state index contributed by atoms with van der Waals surface area (Å²) in [6.07, 6.45) is 2.57. The van der Waals surface area contributed by atoms with Crippen molar-refractivity contribution in [2.24, 2.45) is 11.3 Å². The average Bonchev–Trinajstić information content (AvgIpc) is 3.01. The van der Waals surface area contributed by atoms with Crippen molar-refractivity contribution in [3.05, 3.63) is 38.2 Å². The van der Waals surface area contributed by atoms with E-state index in [0.29, 0.717) is 23.8 Å². The fourth-order valence-electron chi connectivity index (χ4n) is 4.27. The van der Waals surface area contributed by atoms with Crippen molar-refractivity contribution in [2.45, 2.75) is 53.1 Å². The molecule has 29 heavy (non-hydrogen) atoms. The summed E-state index contributed by atoms with van der Waals surface area (Å²) in [5.74, 6) is 0.993. The number of benzene rings is 1. The van der Waals surface area contributed by atoms with Gasteiger partial charge in [0.25, 0.3) is 5.91 Å². The van der Waals surface area contributed by atoms with Crippen molar-refractivity contribution in [3.8, 4) is 11.5 Å². The van der Waals surface area contributed by atoms with Gasteiger partial charge in [0, 0.05) is 14.9 Å². The maximum Gasteiger partial charge on any atom is 0.256 e. The first-order chi connectivity index (χ1) is 13.7. The van der Waals surface area contributed by atoms with Gasteiger partial charge in [0.15, 0.2) is 11.5 Å². The minimum Gasteiger partial charge on any atom is -0.504 e. The molecular formula is C22H27BrN2O3S. The molecule has 1 aliphatic heterocycles. The van der Waals surface area contributed by atoms with Gasteiger partial charge in [-0.15, -0.1) is 11.3 Å². The van der Waals surface area contributed by atoms with Crippen LogP contribution in [0.25, 0.3) is 0 Å². The second kappa shape index (κ2) is 7.51. The highest BCUT2D eigenvalue weighted by molar-refractivity contribution is 9.10. The van der Waals surface area contributed by atoms with Gasteiger partial charge in [-0.3, -0.25) is 4.79 Å². The average molecular weight is 479 g/mol. The number of hydrogen-bond donors (Lipinski definition) is 3. The molecule has 5 nitrogen and oxygen atoms in total. The van der Waals surface area contributed by atoms with Gasteiger partial charge < -0.3 is 20.5 Å². The van der Waals surface area contributed by atoms with E-state index in [1.54, 1.807) is 17.4 Å². The van der Waals surface area contributed by atoms with E-state index < -0.39 is 6.17 Å². The third-order valence-electron chi connectivity index (χ3n) is 5.95. The molecule has 2 atom stereocenters. The molecule has 0 saturated heterocycles. The number of phenolic OH excluding ortho intramolecular Hbond substituents is 1. The summed E-state index contributed by atoms with van der Waals surface area (Å²) >= 11 is 5.16. The van der Waals surface area contributed by atoms with Crippen molar-refractivity contribution in [1.29, 1.82) is 0 Å². The van der Waals surface area contributed by atoms with Gasteiger partial charge in [-0.05, 0) is 55.2 Å². The number of ether oxygens (including phenoxy) is 1. The maximum atomic E-state index is 13.0. The van der Waals surface area contributed by atoms with Crippen LogP contribution in [0.15, 0.2) is 16.6 Å². The molecule has 7 heteroatoms. The largest absolute Gasteiger partial charge is 0.504 e. The molecule has 4 rings (SSSR count). The summed E-state index contributed by atoms with van der Waals surface area (Å²) < 4.78 is 6.32. The zero-order valence-electron chi connectivity index (χ0n) is 17.2. The Hall–Kier alpha value is -1.73. The minimum atomic E-state index is -0.509. The molecule has 0 fully saturated rings. The van der Waals surface area contributed by atoms with Crippen LogP contribution in [0.2, 0.25) is 0 Å².